The Morgan fingerprint density at radius 3 is 2.32 bits per heavy atom. The van der Waals surface area contributed by atoms with Crippen molar-refractivity contribution in [2.75, 3.05) is 5.73 Å². The molecule has 0 fully saturated rings. The number of benzene rings is 2. The zero-order chi connectivity index (χ0) is 15.7. The van der Waals surface area contributed by atoms with Gasteiger partial charge in [-0.05, 0) is 36.4 Å². The SMILES string of the molecule is Nc1nc(-c2ccc([N+](=O)[O-])cc2)n(-c2ccc(Cl)cc2)n1. The number of aromatic nitrogens is 3. The second-order valence-electron chi connectivity index (χ2n) is 4.49. The number of nitrogens with two attached hydrogens (primary N) is 1. The highest BCUT2D eigenvalue weighted by atomic mass is 35.5. The lowest BCUT2D eigenvalue weighted by molar-refractivity contribution is -0.384. The quantitative estimate of drug-likeness (QED) is 0.591. The first-order valence-electron chi connectivity index (χ1n) is 6.28. The van der Waals surface area contributed by atoms with Crippen LogP contribution in [0.1, 0.15) is 0 Å². The lowest BCUT2D eigenvalue weighted by Crippen LogP contribution is -2.00. The van der Waals surface area contributed by atoms with Crippen LogP contribution in [0.3, 0.4) is 0 Å². The zero-order valence-electron chi connectivity index (χ0n) is 11.2. The maximum absolute atomic E-state index is 10.7. The van der Waals surface area contributed by atoms with Gasteiger partial charge in [0.25, 0.3) is 5.69 Å². The molecule has 0 amide bonds. The first kappa shape index (κ1) is 14.0. The van der Waals surface area contributed by atoms with Gasteiger partial charge in [0.1, 0.15) is 0 Å². The molecule has 0 saturated heterocycles. The Hall–Kier alpha value is -2.93. The molecule has 2 aromatic carbocycles. The van der Waals surface area contributed by atoms with Crippen LogP contribution in [0.5, 0.6) is 0 Å². The summed E-state index contributed by atoms with van der Waals surface area (Å²) in [5, 5.41) is 15.5. The molecular weight excluding hydrogens is 306 g/mol. The van der Waals surface area contributed by atoms with Gasteiger partial charge in [0.2, 0.25) is 5.95 Å². The van der Waals surface area contributed by atoms with Gasteiger partial charge < -0.3 is 5.73 Å². The lowest BCUT2D eigenvalue weighted by Gasteiger charge is -2.05. The summed E-state index contributed by atoms with van der Waals surface area (Å²) in [5.41, 5.74) is 7.10. The monoisotopic (exact) mass is 315 g/mol. The predicted molar refractivity (Wildman–Crippen MR) is 82.9 cm³/mol. The van der Waals surface area contributed by atoms with Gasteiger partial charge in [-0.1, -0.05) is 11.6 Å². The largest absolute Gasteiger partial charge is 0.366 e. The zero-order valence-corrected chi connectivity index (χ0v) is 11.9. The number of rotatable bonds is 3. The Labute approximate surface area is 130 Å². The maximum Gasteiger partial charge on any atom is 0.269 e. The van der Waals surface area contributed by atoms with E-state index in [1.165, 1.54) is 12.1 Å². The van der Waals surface area contributed by atoms with Gasteiger partial charge in [0.15, 0.2) is 5.82 Å². The summed E-state index contributed by atoms with van der Waals surface area (Å²) in [6, 6.07) is 13.1. The van der Waals surface area contributed by atoms with Gasteiger partial charge in [0, 0.05) is 22.7 Å². The number of hydrogen-bond donors (Lipinski definition) is 1. The topological polar surface area (TPSA) is 99.9 Å². The number of hydrogen-bond acceptors (Lipinski definition) is 5. The van der Waals surface area contributed by atoms with Crippen molar-refractivity contribution in [3.05, 3.63) is 63.7 Å². The molecule has 1 heterocycles. The van der Waals surface area contributed by atoms with Crippen molar-refractivity contribution in [1.29, 1.82) is 0 Å². The minimum Gasteiger partial charge on any atom is -0.366 e. The highest BCUT2D eigenvalue weighted by Gasteiger charge is 2.13. The van der Waals surface area contributed by atoms with Crippen molar-refractivity contribution in [3.63, 3.8) is 0 Å². The van der Waals surface area contributed by atoms with Crippen LogP contribution in [0.2, 0.25) is 5.02 Å². The molecular formula is C14H10ClN5O2. The third kappa shape index (κ3) is 2.61. The molecule has 0 spiro atoms. The van der Waals surface area contributed by atoms with Crippen LogP contribution in [-0.2, 0) is 0 Å². The van der Waals surface area contributed by atoms with E-state index >= 15 is 0 Å². The minimum atomic E-state index is -0.456. The smallest absolute Gasteiger partial charge is 0.269 e. The first-order valence-corrected chi connectivity index (χ1v) is 6.66. The van der Waals surface area contributed by atoms with Gasteiger partial charge in [-0.25, -0.2) is 4.68 Å². The summed E-state index contributed by atoms with van der Waals surface area (Å²) in [7, 11) is 0. The Kier molecular flexibility index (Phi) is 3.48. The van der Waals surface area contributed by atoms with E-state index in [-0.39, 0.29) is 11.6 Å². The molecule has 3 aromatic rings. The normalized spacial score (nSPS) is 10.6. The second-order valence-corrected chi connectivity index (χ2v) is 4.92. The van der Waals surface area contributed by atoms with E-state index in [0.717, 1.165) is 5.69 Å². The average molecular weight is 316 g/mol. The van der Waals surface area contributed by atoms with Crippen LogP contribution in [0.4, 0.5) is 11.6 Å². The first-order chi connectivity index (χ1) is 10.5. The lowest BCUT2D eigenvalue weighted by atomic mass is 10.2. The molecule has 7 nitrogen and oxygen atoms in total. The summed E-state index contributed by atoms with van der Waals surface area (Å²) < 4.78 is 1.56. The molecule has 0 aliphatic heterocycles. The molecule has 22 heavy (non-hydrogen) atoms. The number of non-ortho nitro benzene ring substituents is 1. The number of nitrogen functional groups attached to an aromatic ring is 1. The molecule has 0 aliphatic rings. The molecule has 0 saturated carbocycles. The molecule has 2 N–H and O–H groups in total. The van der Waals surface area contributed by atoms with Gasteiger partial charge in [-0.3, -0.25) is 10.1 Å². The summed E-state index contributed by atoms with van der Waals surface area (Å²) in [5.74, 6) is 0.609. The number of nitrogens with zero attached hydrogens (tertiary/aromatic N) is 4. The second kappa shape index (κ2) is 5.45. The molecule has 3 rings (SSSR count). The van der Waals surface area contributed by atoms with Crippen LogP contribution >= 0.6 is 11.6 Å². The Morgan fingerprint density at radius 2 is 1.73 bits per heavy atom. The van der Waals surface area contributed by atoms with Crippen molar-refractivity contribution < 1.29 is 4.92 Å². The van der Waals surface area contributed by atoms with Crippen LogP contribution in [-0.4, -0.2) is 19.7 Å². The number of anilines is 1. The molecule has 0 bridgehead atoms. The summed E-state index contributed by atoms with van der Waals surface area (Å²) in [6.07, 6.45) is 0. The van der Waals surface area contributed by atoms with Crippen LogP contribution in [0, 0.1) is 10.1 Å². The van der Waals surface area contributed by atoms with Crippen LogP contribution in [0.15, 0.2) is 48.5 Å². The van der Waals surface area contributed by atoms with Gasteiger partial charge >= 0.3 is 0 Å². The molecule has 0 unspecified atom stereocenters. The van der Waals surface area contributed by atoms with Crippen molar-refractivity contribution in [2.45, 2.75) is 0 Å². The van der Waals surface area contributed by atoms with E-state index < -0.39 is 4.92 Å². The molecule has 0 atom stereocenters. The van der Waals surface area contributed by atoms with Gasteiger partial charge in [-0.15, -0.1) is 5.10 Å². The number of nitro benzene ring substituents is 1. The third-order valence-electron chi connectivity index (χ3n) is 3.03. The standard InChI is InChI=1S/C14H10ClN5O2/c15-10-3-7-11(8-4-10)19-13(17-14(16)18-19)9-1-5-12(6-2-9)20(21)22/h1-8H,(H2,16,18). The van der Waals surface area contributed by atoms with Crippen molar-refractivity contribution in [2.24, 2.45) is 0 Å². The minimum absolute atomic E-state index is 0.00859. The molecule has 0 aliphatic carbocycles. The highest BCUT2D eigenvalue weighted by Crippen LogP contribution is 2.24. The molecule has 1 aromatic heterocycles. The maximum atomic E-state index is 10.7. The number of nitro groups is 1. The Morgan fingerprint density at radius 1 is 1.09 bits per heavy atom. The van der Waals surface area contributed by atoms with E-state index in [1.807, 2.05) is 0 Å². The van der Waals surface area contributed by atoms with E-state index in [2.05, 4.69) is 10.1 Å². The fraction of sp³-hybridized carbons (Fsp3) is 0. The third-order valence-corrected chi connectivity index (χ3v) is 3.28. The Bertz CT molecular complexity index is 827. The highest BCUT2D eigenvalue weighted by molar-refractivity contribution is 6.30. The molecule has 110 valence electrons. The fourth-order valence-corrected chi connectivity index (χ4v) is 2.14. The van der Waals surface area contributed by atoms with Crippen LogP contribution in [0.25, 0.3) is 17.1 Å². The number of halogens is 1. The average Bonchev–Trinajstić information content (AvgIpc) is 2.90. The molecule has 8 heteroatoms. The Balaban J connectivity index is 2.07. The van der Waals surface area contributed by atoms with E-state index in [9.17, 15) is 10.1 Å². The predicted octanol–water partition coefficient (Wildman–Crippen LogP) is 3.08. The fourth-order valence-electron chi connectivity index (χ4n) is 2.01. The van der Waals surface area contributed by atoms with Crippen molar-refractivity contribution in [1.82, 2.24) is 14.8 Å². The van der Waals surface area contributed by atoms with Crippen LogP contribution < -0.4 is 5.73 Å². The summed E-state index contributed by atoms with van der Waals surface area (Å²) in [6.45, 7) is 0. The summed E-state index contributed by atoms with van der Waals surface area (Å²) in [4.78, 5) is 14.4. The van der Waals surface area contributed by atoms with Gasteiger partial charge in [-0.2, -0.15) is 4.98 Å². The summed E-state index contributed by atoms with van der Waals surface area (Å²) >= 11 is 5.87. The van der Waals surface area contributed by atoms with Crippen molar-refractivity contribution >= 4 is 23.2 Å². The van der Waals surface area contributed by atoms with E-state index in [1.54, 1.807) is 41.1 Å². The van der Waals surface area contributed by atoms with Gasteiger partial charge in [0.05, 0.1) is 10.6 Å². The van der Waals surface area contributed by atoms with E-state index in [0.29, 0.717) is 16.4 Å². The molecule has 0 radical (unpaired) electrons. The van der Waals surface area contributed by atoms with E-state index in [4.69, 9.17) is 17.3 Å². The van der Waals surface area contributed by atoms with Crippen molar-refractivity contribution in [3.8, 4) is 17.1 Å².